The van der Waals surface area contributed by atoms with Crippen LogP contribution in [0, 0.1) is 6.92 Å². The Balaban J connectivity index is 1.53. The van der Waals surface area contributed by atoms with Gasteiger partial charge in [-0.2, -0.15) is 0 Å². The minimum Gasteiger partial charge on any atom is -0.496 e. The van der Waals surface area contributed by atoms with E-state index in [1.54, 1.807) is 36.4 Å². The molecule has 198 valence electrons. The Morgan fingerprint density at radius 1 is 1.08 bits per heavy atom. The van der Waals surface area contributed by atoms with Crippen molar-refractivity contribution in [2.24, 2.45) is 0 Å². The summed E-state index contributed by atoms with van der Waals surface area (Å²) in [4.78, 5) is 12.3. The van der Waals surface area contributed by atoms with Crippen LogP contribution in [-0.4, -0.2) is 33.0 Å². The SMILES string of the molecule is COc1ccc(Cl)cc1-c1nnc(S/C(=C\c2c(C)n(Cc3ccc(Cl)cc3Cl)c3ccccc23)C(=O)O)o1. The second-order valence-electron chi connectivity index (χ2n) is 8.47. The number of fused-ring (bicyclic) bond motifs is 1. The highest BCUT2D eigenvalue weighted by molar-refractivity contribution is 8.03. The molecule has 5 aromatic rings. The number of carboxylic acids is 1. The summed E-state index contributed by atoms with van der Waals surface area (Å²) in [6.07, 6.45) is 1.62. The smallest absolute Gasteiger partial charge is 0.342 e. The van der Waals surface area contributed by atoms with E-state index >= 15 is 0 Å². The van der Waals surface area contributed by atoms with Gasteiger partial charge in [0.25, 0.3) is 11.1 Å². The largest absolute Gasteiger partial charge is 0.496 e. The number of carboxylic acid groups (broad SMARTS) is 1. The standard InChI is InChI=1S/C28H20Cl3N3O4S/c1-15-20(19-5-3-4-6-23(19)34(15)14-16-7-8-18(30)12-22(16)31)13-25(27(35)36)39-28-33-32-26(38-28)21-11-17(29)9-10-24(21)37-2/h3-13H,14H2,1-2H3,(H,35,36)/b25-13-. The van der Waals surface area contributed by atoms with Gasteiger partial charge in [-0.05, 0) is 66.7 Å². The molecular weight excluding hydrogens is 581 g/mol. The van der Waals surface area contributed by atoms with Gasteiger partial charge in [0.15, 0.2) is 0 Å². The van der Waals surface area contributed by atoms with Gasteiger partial charge in [-0.1, -0.05) is 59.1 Å². The van der Waals surface area contributed by atoms with Crippen LogP contribution in [0.5, 0.6) is 5.75 Å². The monoisotopic (exact) mass is 599 g/mol. The minimum absolute atomic E-state index is 0.0128. The third-order valence-electron chi connectivity index (χ3n) is 6.11. The lowest BCUT2D eigenvalue weighted by molar-refractivity contribution is -0.131. The Morgan fingerprint density at radius 3 is 2.56 bits per heavy atom. The summed E-state index contributed by atoms with van der Waals surface area (Å²) in [7, 11) is 1.52. The zero-order valence-electron chi connectivity index (χ0n) is 20.6. The molecule has 2 aromatic heterocycles. The molecule has 0 saturated carbocycles. The number of halogens is 3. The molecule has 0 unspecified atom stereocenters. The van der Waals surface area contributed by atoms with Gasteiger partial charge in [0.2, 0.25) is 0 Å². The summed E-state index contributed by atoms with van der Waals surface area (Å²) in [5.74, 6) is -0.468. The molecule has 0 fully saturated rings. The number of nitrogens with zero attached hydrogens (tertiary/aromatic N) is 3. The maximum atomic E-state index is 12.3. The van der Waals surface area contributed by atoms with Gasteiger partial charge in [-0.25, -0.2) is 4.79 Å². The fourth-order valence-electron chi connectivity index (χ4n) is 4.23. The van der Waals surface area contributed by atoms with Crippen LogP contribution in [0.25, 0.3) is 28.4 Å². The molecule has 0 amide bonds. The number of benzene rings is 3. The van der Waals surface area contributed by atoms with E-state index in [0.29, 0.717) is 32.9 Å². The third-order valence-corrected chi connectivity index (χ3v) is 7.78. The number of thioether (sulfide) groups is 1. The summed E-state index contributed by atoms with van der Waals surface area (Å²) < 4.78 is 13.2. The number of ether oxygens (including phenoxy) is 1. The first-order valence-corrected chi connectivity index (χ1v) is 13.5. The van der Waals surface area contributed by atoms with Crippen molar-refractivity contribution < 1.29 is 19.1 Å². The molecule has 0 saturated heterocycles. The number of methoxy groups -OCH3 is 1. The highest BCUT2D eigenvalue weighted by atomic mass is 35.5. The molecule has 2 heterocycles. The van der Waals surface area contributed by atoms with Crippen LogP contribution in [0.4, 0.5) is 0 Å². The summed E-state index contributed by atoms with van der Waals surface area (Å²) in [6, 6.07) is 18.2. The molecule has 3 aromatic carbocycles. The summed E-state index contributed by atoms with van der Waals surface area (Å²) in [5.41, 5.74) is 3.97. The minimum atomic E-state index is -1.13. The maximum Gasteiger partial charge on any atom is 0.342 e. The van der Waals surface area contributed by atoms with Gasteiger partial charge in [-0.15, -0.1) is 10.2 Å². The number of hydrogen-bond acceptors (Lipinski definition) is 6. The number of carbonyl (C=O) groups is 1. The number of hydrogen-bond donors (Lipinski definition) is 1. The molecule has 0 atom stereocenters. The zero-order chi connectivity index (χ0) is 27.7. The van der Waals surface area contributed by atoms with Gasteiger partial charge in [0.05, 0.1) is 12.7 Å². The van der Waals surface area contributed by atoms with Crippen LogP contribution in [0.15, 0.2) is 75.2 Å². The third kappa shape index (κ3) is 5.65. The molecule has 0 bridgehead atoms. The normalized spacial score (nSPS) is 11.8. The Labute approximate surface area is 243 Å². The van der Waals surface area contributed by atoms with Crippen LogP contribution in [0.2, 0.25) is 15.1 Å². The fourth-order valence-corrected chi connectivity index (χ4v) is 5.53. The van der Waals surface area contributed by atoms with Crippen molar-refractivity contribution in [2.75, 3.05) is 7.11 Å². The molecular formula is C28H20Cl3N3O4S. The molecule has 0 aliphatic carbocycles. The van der Waals surface area contributed by atoms with Gasteiger partial charge in [-0.3, -0.25) is 0 Å². The predicted octanol–water partition coefficient (Wildman–Crippen LogP) is 8.23. The van der Waals surface area contributed by atoms with Gasteiger partial charge in [0.1, 0.15) is 10.7 Å². The van der Waals surface area contributed by atoms with E-state index in [4.69, 9.17) is 44.0 Å². The first-order valence-electron chi connectivity index (χ1n) is 11.6. The second-order valence-corrected chi connectivity index (χ2v) is 10.7. The van der Waals surface area contributed by atoms with Crippen molar-refractivity contribution in [1.82, 2.24) is 14.8 Å². The highest BCUT2D eigenvalue weighted by Crippen LogP contribution is 2.37. The first-order chi connectivity index (χ1) is 18.7. The Hall–Kier alpha value is -3.43. The topological polar surface area (TPSA) is 90.4 Å². The molecule has 0 radical (unpaired) electrons. The average Bonchev–Trinajstić information content (AvgIpc) is 3.48. The molecule has 39 heavy (non-hydrogen) atoms. The zero-order valence-corrected chi connectivity index (χ0v) is 23.7. The van der Waals surface area contributed by atoms with Crippen molar-refractivity contribution in [3.05, 3.63) is 97.5 Å². The van der Waals surface area contributed by atoms with E-state index in [1.807, 2.05) is 37.3 Å². The predicted molar refractivity (Wildman–Crippen MR) is 155 cm³/mol. The maximum absolute atomic E-state index is 12.3. The van der Waals surface area contributed by atoms with E-state index in [0.717, 1.165) is 39.5 Å². The van der Waals surface area contributed by atoms with E-state index in [9.17, 15) is 9.90 Å². The molecule has 0 aliphatic heterocycles. The van der Waals surface area contributed by atoms with Crippen molar-refractivity contribution in [3.8, 4) is 17.2 Å². The van der Waals surface area contributed by atoms with Crippen molar-refractivity contribution >= 4 is 69.5 Å². The van der Waals surface area contributed by atoms with Gasteiger partial charge >= 0.3 is 5.97 Å². The van der Waals surface area contributed by atoms with E-state index in [1.165, 1.54) is 7.11 Å². The Bertz CT molecular complexity index is 1750. The number of rotatable bonds is 8. The highest BCUT2D eigenvalue weighted by Gasteiger charge is 2.21. The lowest BCUT2D eigenvalue weighted by atomic mass is 10.1. The van der Waals surface area contributed by atoms with Crippen LogP contribution in [0.1, 0.15) is 16.8 Å². The van der Waals surface area contributed by atoms with Crippen molar-refractivity contribution in [2.45, 2.75) is 18.7 Å². The van der Waals surface area contributed by atoms with Crippen LogP contribution in [-0.2, 0) is 11.3 Å². The summed E-state index contributed by atoms with van der Waals surface area (Å²) in [5, 5.41) is 20.7. The van der Waals surface area contributed by atoms with Gasteiger partial charge in [0, 0.05) is 43.8 Å². The summed E-state index contributed by atoms with van der Waals surface area (Å²) in [6.45, 7) is 2.43. The lowest BCUT2D eigenvalue weighted by Crippen LogP contribution is -2.03. The van der Waals surface area contributed by atoms with Crippen LogP contribution >= 0.6 is 46.6 Å². The van der Waals surface area contributed by atoms with Gasteiger partial charge < -0.3 is 18.8 Å². The Kier molecular flexibility index (Phi) is 7.91. The van der Waals surface area contributed by atoms with E-state index in [2.05, 4.69) is 14.8 Å². The second kappa shape index (κ2) is 11.4. The van der Waals surface area contributed by atoms with Crippen molar-refractivity contribution in [1.29, 1.82) is 0 Å². The lowest BCUT2D eigenvalue weighted by Gasteiger charge is -2.11. The van der Waals surface area contributed by atoms with E-state index < -0.39 is 5.97 Å². The molecule has 1 N–H and O–H groups in total. The fraction of sp³-hybridized carbons (Fsp3) is 0.107. The number of aromatic nitrogens is 3. The molecule has 0 spiro atoms. The van der Waals surface area contributed by atoms with Crippen LogP contribution in [0.3, 0.4) is 0 Å². The molecule has 0 aliphatic rings. The number of aliphatic carboxylic acids is 1. The molecule has 5 rings (SSSR count). The average molecular weight is 601 g/mol. The molecule has 11 heteroatoms. The number of para-hydroxylation sites is 1. The van der Waals surface area contributed by atoms with Crippen LogP contribution < -0.4 is 4.74 Å². The Morgan fingerprint density at radius 2 is 1.82 bits per heavy atom. The quantitative estimate of drug-likeness (QED) is 0.142. The first kappa shape index (κ1) is 27.1. The van der Waals surface area contributed by atoms with E-state index in [-0.39, 0.29) is 16.0 Å². The van der Waals surface area contributed by atoms with Crippen molar-refractivity contribution in [3.63, 3.8) is 0 Å². The molecule has 7 nitrogen and oxygen atoms in total. The summed E-state index contributed by atoms with van der Waals surface area (Å²) >= 11 is 19.5.